The Bertz CT molecular complexity index is 1060. The van der Waals surface area contributed by atoms with E-state index in [1.807, 2.05) is 91.0 Å². The van der Waals surface area contributed by atoms with Crippen molar-refractivity contribution in [2.24, 2.45) is 5.92 Å². The lowest BCUT2D eigenvalue weighted by Crippen LogP contribution is -2.50. The van der Waals surface area contributed by atoms with Crippen LogP contribution in [0.3, 0.4) is 0 Å². The molecule has 3 aromatic rings. The lowest BCUT2D eigenvalue weighted by Gasteiger charge is -2.38. The number of ether oxygens (including phenoxy) is 1. The molecule has 0 spiro atoms. The summed E-state index contributed by atoms with van der Waals surface area (Å²) in [6.07, 6.45) is 0.458. The van der Waals surface area contributed by atoms with Gasteiger partial charge in [-0.2, -0.15) is 0 Å². The summed E-state index contributed by atoms with van der Waals surface area (Å²) in [5, 5.41) is 10.8. The lowest BCUT2D eigenvalue weighted by atomic mass is 9.75. The van der Waals surface area contributed by atoms with Crippen molar-refractivity contribution >= 4 is 23.3 Å². The summed E-state index contributed by atoms with van der Waals surface area (Å²) in [5.41, 5.74) is 2.11. The fourth-order valence-electron chi connectivity index (χ4n) is 4.94. The molecule has 3 aromatic carbocycles. The van der Waals surface area contributed by atoms with E-state index in [-0.39, 0.29) is 29.5 Å². The highest BCUT2D eigenvalue weighted by Crippen LogP contribution is 2.47. The van der Waals surface area contributed by atoms with E-state index >= 15 is 0 Å². The second kappa shape index (κ2) is 10.5. The van der Waals surface area contributed by atoms with Gasteiger partial charge in [-0.25, -0.2) is 0 Å². The lowest BCUT2D eigenvalue weighted by molar-refractivity contribution is -0.131. The van der Waals surface area contributed by atoms with Crippen molar-refractivity contribution in [2.45, 2.75) is 50.9 Å². The fraction of sp³-hybridized carbons (Fsp3) is 0.310. The van der Waals surface area contributed by atoms with E-state index in [1.54, 1.807) is 4.90 Å². The van der Waals surface area contributed by atoms with Crippen molar-refractivity contribution < 1.29 is 14.6 Å². The minimum absolute atomic E-state index is 0.000781. The van der Waals surface area contributed by atoms with E-state index in [4.69, 9.17) is 17.0 Å². The van der Waals surface area contributed by atoms with Gasteiger partial charge in [-0.3, -0.25) is 9.69 Å². The number of aliphatic hydroxyl groups excluding tert-OH is 1. The maximum absolute atomic E-state index is 13.5. The maximum atomic E-state index is 13.5. The normalized spacial score (nSPS) is 18.1. The Balaban J connectivity index is 1.63. The smallest absolute Gasteiger partial charge is 0.267 e. The van der Waals surface area contributed by atoms with E-state index in [0.29, 0.717) is 12.8 Å². The quantitative estimate of drug-likeness (QED) is 0.440. The molecule has 0 radical (unpaired) electrons. The van der Waals surface area contributed by atoms with Crippen LogP contribution in [0.4, 0.5) is 0 Å². The third-order valence-corrected chi connectivity index (χ3v) is 6.74. The molecule has 0 aromatic heterocycles. The second-order valence-corrected chi connectivity index (χ2v) is 9.52. The fourth-order valence-corrected chi connectivity index (χ4v) is 5.29. The molecule has 34 heavy (non-hydrogen) atoms. The number of rotatable bonds is 8. The summed E-state index contributed by atoms with van der Waals surface area (Å²) < 4.78 is 6.49. The Hall–Kier alpha value is -3.02. The number of benzene rings is 3. The van der Waals surface area contributed by atoms with Crippen LogP contribution in [-0.2, 0) is 21.6 Å². The van der Waals surface area contributed by atoms with Gasteiger partial charge >= 0.3 is 0 Å². The molecule has 176 valence electrons. The number of thiocarbonyl (C=S) groups is 1. The molecular formula is C29H31NO3S. The van der Waals surface area contributed by atoms with Crippen LogP contribution in [0.5, 0.6) is 0 Å². The summed E-state index contributed by atoms with van der Waals surface area (Å²) in [7, 11) is 0. The monoisotopic (exact) mass is 473 g/mol. The summed E-state index contributed by atoms with van der Waals surface area (Å²) in [4.78, 5) is 15.1. The van der Waals surface area contributed by atoms with Gasteiger partial charge in [0, 0.05) is 11.1 Å². The molecule has 1 heterocycles. The number of hydrogen-bond donors (Lipinski definition) is 1. The first-order valence-electron chi connectivity index (χ1n) is 11.8. The van der Waals surface area contributed by atoms with Crippen LogP contribution in [0, 0.1) is 5.92 Å². The zero-order valence-electron chi connectivity index (χ0n) is 19.6. The predicted molar refractivity (Wildman–Crippen MR) is 138 cm³/mol. The third-order valence-electron chi connectivity index (χ3n) is 6.46. The van der Waals surface area contributed by atoms with Crippen LogP contribution in [-0.4, -0.2) is 33.2 Å². The average Bonchev–Trinajstić information content (AvgIpc) is 3.19. The molecule has 4 nitrogen and oxygen atoms in total. The minimum Gasteiger partial charge on any atom is -0.452 e. The molecule has 1 saturated heterocycles. The second-order valence-electron chi connectivity index (χ2n) is 9.17. The molecule has 0 bridgehead atoms. The Morgan fingerprint density at radius 1 is 0.941 bits per heavy atom. The van der Waals surface area contributed by atoms with Crippen LogP contribution in [0.15, 0.2) is 91.0 Å². The van der Waals surface area contributed by atoms with Crippen molar-refractivity contribution in [3.63, 3.8) is 0 Å². The van der Waals surface area contributed by atoms with E-state index in [0.717, 1.165) is 16.7 Å². The van der Waals surface area contributed by atoms with Crippen LogP contribution < -0.4 is 0 Å². The van der Waals surface area contributed by atoms with Crippen molar-refractivity contribution in [1.29, 1.82) is 0 Å². The number of carbonyl (C=O) groups is 1. The largest absolute Gasteiger partial charge is 0.452 e. The van der Waals surface area contributed by atoms with Gasteiger partial charge < -0.3 is 9.84 Å². The molecule has 1 fully saturated rings. The van der Waals surface area contributed by atoms with Gasteiger partial charge in [-0.15, -0.1) is 0 Å². The molecule has 1 aliphatic heterocycles. The van der Waals surface area contributed by atoms with Crippen molar-refractivity contribution in [2.75, 3.05) is 0 Å². The highest BCUT2D eigenvalue weighted by Gasteiger charge is 2.57. The number of amides is 1. The summed E-state index contributed by atoms with van der Waals surface area (Å²) in [5.74, 6) is -0.163. The minimum atomic E-state index is -0.918. The Kier molecular flexibility index (Phi) is 7.44. The molecule has 4 rings (SSSR count). The molecule has 0 aliphatic carbocycles. The predicted octanol–water partition coefficient (Wildman–Crippen LogP) is 5.48. The van der Waals surface area contributed by atoms with E-state index in [1.165, 1.54) is 0 Å². The van der Waals surface area contributed by atoms with Gasteiger partial charge in [0.15, 0.2) is 5.60 Å². The summed E-state index contributed by atoms with van der Waals surface area (Å²) >= 11 is 5.66. The highest BCUT2D eigenvalue weighted by molar-refractivity contribution is 7.80. The Labute approximate surface area is 207 Å². The van der Waals surface area contributed by atoms with Crippen molar-refractivity contribution in [1.82, 2.24) is 4.90 Å². The Morgan fingerprint density at radius 2 is 1.44 bits per heavy atom. The van der Waals surface area contributed by atoms with Crippen molar-refractivity contribution in [3.8, 4) is 0 Å². The molecule has 0 saturated carbocycles. The number of hydrogen-bond acceptors (Lipinski definition) is 4. The third kappa shape index (κ3) is 4.77. The standard InChI is InChI=1S/C29H31NO3S/c1-21(2)27-29(23-14-8-4-9-15-23,24-16-10-5-11-17-24)33-28(34)30(27)26(32)20-25(31)19-18-22-12-6-3-7-13-22/h3-17,21,25,27,31H,18-20H2,1-2H3/t25-,27-/m0/s1. The number of aliphatic hydroxyl groups is 1. The van der Waals surface area contributed by atoms with E-state index in [9.17, 15) is 9.90 Å². The zero-order chi connectivity index (χ0) is 24.1. The van der Waals surface area contributed by atoms with Crippen LogP contribution in [0.1, 0.15) is 43.4 Å². The number of aryl methyl sites for hydroxylation is 1. The number of carbonyl (C=O) groups excluding carboxylic acids is 1. The van der Waals surface area contributed by atoms with Gasteiger partial charge in [0.1, 0.15) is 0 Å². The van der Waals surface area contributed by atoms with Crippen molar-refractivity contribution in [3.05, 3.63) is 108 Å². The molecule has 2 atom stereocenters. The first kappa shape index (κ1) is 24.1. The van der Waals surface area contributed by atoms with Crippen LogP contribution in [0.25, 0.3) is 0 Å². The summed E-state index contributed by atoms with van der Waals surface area (Å²) in [6, 6.07) is 29.5. The molecule has 1 N–H and O–H groups in total. The van der Waals surface area contributed by atoms with Crippen LogP contribution in [0.2, 0.25) is 0 Å². The molecule has 1 amide bonds. The average molecular weight is 474 g/mol. The summed E-state index contributed by atoms with van der Waals surface area (Å²) in [6.45, 7) is 4.16. The first-order valence-corrected chi connectivity index (χ1v) is 12.2. The topological polar surface area (TPSA) is 49.8 Å². The molecule has 1 aliphatic rings. The molecular weight excluding hydrogens is 442 g/mol. The van der Waals surface area contributed by atoms with E-state index in [2.05, 4.69) is 13.8 Å². The highest BCUT2D eigenvalue weighted by atomic mass is 32.1. The van der Waals surface area contributed by atoms with E-state index < -0.39 is 11.7 Å². The number of nitrogens with zero attached hydrogens (tertiary/aromatic N) is 1. The van der Waals surface area contributed by atoms with Gasteiger partial charge in [-0.1, -0.05) is 105 Å². The van der Waals surface area contributed by atoms with Gasteiger partial charge in [0.2, 0.25) is 5.91 Å². The zero-order valence-corrected chi connectivity index (χ0v) is 20.4. The Morgan fingerprint density at radius 3 is 1.94 bits per heavy atom. The van der Waals surface area contributed by atoms with Gasteiger partial charge in [0.05, 0.1) is 18.6 Å². The molecule has 5 heteroatoms. The first-order chi connectivity index (χ1) is 16.4. The maximum Gasteiger partial charge on any atom is 0.267 e. The molecule has 0 unspecified atom stereocenters. The van der Waals surface area contributed by atoms with Gasteiger partial charge in [0.25, 0.3) is 5.17 Å². The van der Waals surface area contributed by atoms with Crippen LogP contribution >= 0.6 is 12.2 Å². The van der Waals surface area contributed by atoms with Gasteiger partial charge in [-0.05, 0) is 36.5 Å². The SMILES string of the molecule is CC(C)[C@@H]1N(C(=O)C[C@@H](O)CCc2ccccc2)C(=S)OC1(c1ccccc1)c1ccccc1.